The molecule has 0 unspecified atom stereocenters. The van der Waals surface area contributed by atoms with Gasteiger partial charge < -0.3 is 0 Å². The average Bonchev–Trinajstić information content (AvgIpc) is 3.38. The van der Waals surface area contributed by atoms with Crippen LogP contribution in [0.2, 0.25) is 0 Å². The molecular weight excluding hydrogens is 524 g/mol. The lowest BCUT2D eigenvalue weighted by atomic mass is 9.93. The highest BCUT2D eigenvalue weighted by Gasteiger charge is 2.30. The van der Waals surface area contributed by atoms with Crippen LogP contribution in [0.5, 0.6) is 0 Å². The van der Waals surface area contributed by atoms with Gasteiger partial charge in [-0.1, -0.05) is 115 Å². The fourth-order valence-electron chi connectivity index (χ4n) is 6.65. The number of nitrogens with zero attached hydrogens (tertiary/aromatic N) is 4. The summed E-state index contributed by atoms with van der Waals surface area (Å²) in [5.41, 5.74) is 12.9. The summed E-state index contributed by atoms with van der Waals surface area (Å²) >= 11 is 0. The molecule has 0 saturated carbocycles. The van der Waals surface area contributed by atoms with Crippen molar-refractivity contribution in [3.05, 3.63) is 146 Å². The molecule has 0 aliphatic heterocycles. The normalized spacial score (nSPS) is 11.7. The van der Waals surface area contributed by atoms with Crippen LogP contribution in [0.3, 0.4) is 0 Å². The lowest BCUT2D eigenvalue weighted by Crippen LogP contribution is -2.06. The molecule has 0 radical (unpaired) electrons. The number of hydrogen-bond acceptors (Lipinski definition) is 3. The lowest BCUT2D eigenvalue weighted by molar-refractivity contribution is 0.985. The summed E-state index contributed by atoms with van der Waals surface area (Å²) in [6, 6.07) is 48.7. The Kier molecular flexibility index (Phi) is 5.16. The first-order valence-electron chi connectivity index (χ1n) is 14.5. The predicted octanol–water partition coefficient (Wildman–Crippen LogP) is 9.62. The molecule has 1 aliphatic carbocycles. The highest BCUT2D eigenvalue weighted by molar-refractivity contribution is 6.17. The van der Waals surface area contributed by atoms with Crippen LogP contribution in [0.15, 0.2) is 146 Å². The zero-order valence-corrected chi connectivity index (χ0v) is 23.1. The number of benzene rings is 5. The van der Waals surface area contributed by atoms with E-state index < -0.39 is 0 Å². The molecule has 9 rings (SSSR count). The molecule has 200 valence electrons. The fraction of sp³-hybridized carbons (Fsp3) is 0. The van der Waals surface area contributed by atoms with Crippen LogP contribution in [-0.2, 0) is 0 Å². The van der Waals surface area contributed by atoms with Crippen LogP contribution in [0.1, 0.15) is 0 Å². The molecule has 4 nitrogen and oxygen atoms in total. The Balaban J connectivity index is 1.49. The Hall–Kier alpha value is -5.87. The number of fused-ring (bicyclic) bond motifs is 6. The molecule has 3 aromatic heterocycles. The minimum Gasteiger partial charge on any atom is -0.276 e. The van der Waals surface area contributed by atoms with Crippen LogP contribution in [-0.4, -0.2) is 19.5 Å². The molecule has 0 fully saturated rings. The van der Waals surface area contributed by atoms with E-state index in [9.17, 15) is 0 Å². The molecule has 0 saturated heterocycles. The maximum absolute atomic E-state index is 5.32. The van der Waals surface area contributed by atoms with E-state index >= 15 is 0 Å². The second kappa shape index (κ2) is 9.33. The Morgan fingerprint density at radius 2 is 1.14 bits per heavy atom. The molecule has 5 aromatic carbocycles. The summed E-state index contributed by atoms with van der Waals surface area (Å²) in [5.74, 6) is 0.623. The maximum atomic E-state index is 5.32. The molecule has 43 heavy (non-hydrogen) atoms. The second-order valence-corrected chi connectivity index (χ2v) is 10.8. The third-order valence-electron chi connectivity index (χ3n) is 8.44. The first-order chi connectivity index (χ1) is 21.4. The van der Waals surface area contributed by atoms with Gasteiger partial charge in [0.25, 0.3) is 0 Å². The van der Waals surface area contributed by atoms with Crippen molar-refractivity contribution in [2.45, 2.75) is 0 Å². The van der Waals surface area contributed by atoms with E-state index in [0.717, 1.165) is 44.6 Å². The minimum absolute atomic E-state index is 0.623. The quantitative estimate of drug-likeness (QED) is 0.221. The maximum Gasteiger partial charge on any atom is 0.235 e. The van der Waals surface area contributed by atoms with Gasteiger partial charge in [-0.15, -0.1) is 0 Å². The number of pyridine rings is 1. The van der Waals surface area contributed by atoms with Crippen LogP contribution in [0.25, 0.3) is 83.8 Å². The van der Waals surface area contributed by atoms with E-state index in [1.54, 1.807) is 0 Å². The van der Waals surface area contributed by atoms with Crippen LogP contribution < -0.4 is 0 Å². The van der Waals surface area contributed by atoms with Gasteiger partial charge in [-0.3, -0.25) is 9.55 Å². The van der Waals surface area contributed by atoms with Crippen molar-refractivity contribution in [2.75, 3.05) is 0 Å². The Morgan fingerprint density at radius 1 is 0.488 bits per heavy atom. The standard InChI is InChI=1S/C39H24N4/c1-2-13-25(14-3-1)37-31-19-8-9-21-32(31)41-39(42-37)43-34-23-12-20-29-27-16-5-4-15-26(27)28-17-6-7-18-30(28)36(35(29)34)38(43)33-22-10-11-24-40-33/h1-24H. The van der Waals surface area contributed by atoms with Gasteiger partial charge in [-0.05, 0) is 52.1 Å². The van der Waals surface area contributed by atoms with Crippen molar-refractivity contribution < 1.29 is 0 Å². The zero-order chi connectivity index (χ0) is 28.3. The summed E-state index contributed by atoms with van der Waals surface area (Å²) in [5, 5.41) is 2.20. The second-order valence-electron chi connectivity index (χ2n) is 10.8. The summed E-state index contributed by atoms with van der Waals surface area (Å²) in [7, 11) is 0. The first kappa shape index (κ1) is 23.8. The predicted molar refractivity (Wildman–Crippen MR) is 175 cm³/mol. The van der Waals surface area contributed by atoms with Gasteiger partial charge in [-0.2, -0.15) is 0 Å². The Morgan fingerprint density at radius 3 is 1.93 bits per heavy atom. The Bertz CT molecular complexity index is 2340. The topological polar surface area (TPSA) is 43.6 Å². The molecule has 8 aromatic rings. The van der Waals surface area contributed by atoms with Crippen LogP contribution in [0.4, 0.5) is 0 Å². The summed E-state index contributed by atoms with van der Waals surface area (Å²) in [6.45, 7) is 0. The van der Waals surface area contributed by atoms with Crippen LogP contribution in [0, 0.1) is 0 Å². The summed E-state index contributed by atoms with van der Waals surface area (Å²) in [4.78, 5) is 15.4. The number of hydrogen-bond donors (Lipinski definition) is 0. The monoisotopic (exact) mass is 548 g/mol. The van der Waals surface area contributed by atoms with E-state index in [4.69, 9.17) is 15.0 Å². The number of aromatic nitrogens is 4. The van der Waals surface area contributed by atoms with Crippen molar-refractivity contribution in [3.63, 3.8) is 0 Å². The van der Waals surface area contributed by atoms with Crippen molar-refractivity contribution in [1.82, 2.24) is 19.5 Å². The van der Waals surface area contributed by atoms with Gasteiger partial charge in [0.2, 0.25) is 5.95 Å². The zero-order valence-electron chi connectivity index (χ0n) is 23.1. The SMILES string of the molecule is c1ccc(-c2nc(-n3c(-c4ccccn4)c4c5c(cccc53)-c3ccccc3-c3ccccc3-4)nc3ccccc23)cc1. The van der Waals surface area contributed by atoms with Crippen molar-refractivity contribution in [2.24, 2.45) is 0 Å². The van der Waals surface area contributed by atoms with Gasteiger partial charge in [0, 0.05) is 28.1 Å². The van der Waals surface area contributed by atoms with Crippen LogP contribution >= 0.6 is 0 Å². The molecule has 0 amide bonds. The molecule has 0 spiro atoms. The van der Waals surface area contributed by atoms with E-state index in [-0.39, 0.29) is 0 Å². The highest BCUT2D eigenvalue weighted by atomic mass is 15.2. The summed E-state index contributed by atoms with van der Waals surface area (Å²) < 4.78 is 2.22. The Labute approximate surface area is 248 Å². The van der Waals surface area contributed by atoms with Crippen molar-refractivity contribution in [3.8, 4) is 62.0 Å². The molecule has 4 heteroatoms. The van der Waals surface area contributed by atoms with Gasteiger partial charge >= 0.3 is 0 Å². The molecule has 0 N–H and O–H groups in total. The fourth-order valence-corrected chi connectivity index (χ4v) is 6.65. The van der Waals surface area contributed by atoms with Crippen molar-refractivity contribution in [1.29, 1.82) is 0 Å². The van der Waals surface area contributed by atoms with Gasteiger partial charge in [0.15, 0.2) is 0 Å². The van der Waals surface area contributed by atoms with E-state index in [1.807, 2.05) is 36.5 Å². The van der Waals surface area contributed by atoms with E-state index in [0.29, 0.717) is 5.95 Å². The first-order valence-corrected chi connectivity index (χ1v) is 14.5. The molecule has 1 aliphatic rings. The number of rotatable bonds is 3. The average molecular weight is 549 g/mol. The third kappa shape index (κ3) is 3.53. The third-order valence-corrected chi connectivity index (χ3v) is 8.44. The van der Waals surface area contributed by atoms with Gasteiger partial charge in [0.1, 0.15) is 0 Å². The largest absolute Gasteiger partial charge is 0.276 e. The molecule has 0 atom stereocenters. The smallest absolute Gasteiger partial charge is 0.235 e. The van der Waals surface area contributed by atoms with Gasteiger partial charge in [0.05, 0.1) is 28.1 Å². The molecular formula is C39H24N4. The number of para-hydroxylation sites is 1. The molecule has 3 heterocycles. The minimum atomic E-state index is 0.623. The van der Waals surface area contributed by atoms with E-state index in [1.165, 1.54) is 33.2 Å². The van der Waals surface area contributed by atoms with Gasteiger partial charge in [-0.25, -0.2) is 9.97 Å². The summed E-state index contributed by atoms with van der Waals surface area (Å²) in [6.07, 6.45) is 1.86. The molecule has 0 bridgehead atoms. The lowest BCUT2D eigenvalue weighted by Gasteiger charge is -2.16. The van der Waals surface area contributed by atoms with Crippen molar-refractivity contribution >= 4 is 21.8 Å². The highest BCUT2D eigenvalue weighted by Crippen LogP contribution is 2.52. The van der Waals surface area contributed by atoms with E-state index in [2.05, 4.69) is 114 Å².